The van der Waals surface area contributed by atoms with Crippen LogP contribution in [0, 0.1) is 11.3 Å². The maximum Gasteiger partial charge on any atom is 0.418 e. The Morgan fingerprint density at radius 3 is 2.57 bits per heavy atom. The third-order valence-corrected chi connectivity index (χ3v) is 3.73. The molecule has 1 aliphatic rings. The van der Waals surface area contributed by atoms with Crippen molar-refractivity contribution in [2.24, 2.45) is 0 Å². The Morgan fingerprint density at radius 1 is 1.43 bits per heavy atom. The van der Waals surface area contributed by atoms with Crippen LogP contribution in [0.4, 0.5) is 18.9 Å². The molecule has 0 aliphatic heterocycles. The van der Waals surface area contributed by atoms with Crippen molar-refractivity contribution in [2.45, 2.75) is 50.9 Å². The van der Waals surface area contributed by atoms with Gasteiger partial charge in [0.1, 0.15) is 11.8 Å². The van der Waals surface area contributed by atoms with Crippen LogP contribution in [0.15, 0.2) is 12.1 Å². The zero-order valence-corrected chi connectivity index (χ0v) is 13.0. The Labute approximate surface area is 132 Å². The van der Waals surface area contributed by atoms with Crippen LogP contribution in [-0.4, -0.2) is 23.4 Å². The minimum Gasteiger partial charge on any atom is -0.494 e. The number of nitrogens with zero attached hydrogens (tertiary/aromatic N) is 1. The van der Waals surface area contributed by atoms with Crippen molar-refractivity contribution in [2.75, 3.05) is 11.9 Å². The summed E-state index contributed by atoms with van der Waals surface area (Å²) in [6.07, 6.45) is -3.28. The predicted octanol–water partition coefficient (Wildman–Crippen LogP) is 3.69. The van der Waals surface area contributed by atoms with Crippen LogP contribution in [0.2, 0.25) is 0 Å². The number of hydrogen-bond donors (Lipinski definition) is 2. The minimum absolute atomic E-state index is 0.0295. The first-order valence-electron chi connectivity index (χ1n) is 7.43. The molecule has 0 aromatic heterocycles. The summed E-state index contributed by atoms with van der Waals surface area (Å²) in [6, 6.07) is 3.72. The van der Waals surface area contributed by atoms with Gasteiger partial charge in [-0.05, 0) is 32.3 Å². The van der Waals surface area contributed by atoms with Crippen LogP contribution in [0.3, 0.4) is 0 Å². The summed E-state index contributed by atoms with van der Waals surface area (Å²) >= 11 is 0. The normalized spacial score (nSPS) is 23.8. The highest BCUT2D eigenvalue weighted by Gasteiger charge is 2.41. The van der Waals surface area contributed by atoms with E-state index in [0.29, 0.717) is 19.3 Å². The Kier molecular flexibility index (Phi) is 4.76. The molecule has 1 fully saturated rings. The zero-order chi connectivity index (χ0) is 17.3. The SMILES string of the molecule is CCCOc1cc(C#N)c(NC2CC(C)(O)C2)c(C(F)(F)F)c1. The predicted molar refractivity (Wildman–Crippen MR) is 79.2 cm³/mol. The third-order valence-electron chi connectivity index (χ3n) is 3.73. The molecule has 0 spiro atoms. The lowest BCUT2D eigenvalue weighted by Gasteiger charge is -2.42. The molecule has 1 saturated carbocycles. The van der Waals surface area contributed by atoms with E-state index in [-0.39, 0.29) is 29.6 Å². The van der Waals surface area contributed by atoms with Gasteiger partial charge in [0, 0.05) is 12.1 Å². The summed E-state index contributed by atoms with van der Waals surface area (Å²) in [5.74, 6) is 0.0295. The second-order valence-corrected chi connectivity index (χ2v) is 6.10. The van der Waals surface area contributed by atoms with Crippen LogP contribution in [0.1, 0.15) is 44.2 Å². The molecule has 4 nitrogen and oxygen atoms in total. The van der Waals surface area contributed by atoms with E-state index in [1.165, 1.54) is 6.07 Å². The van der Waals surface area contributed by atoms with Gasteiger partial charge in [-0.1, -0.05) is 6.92 Å². The Balaban J connectivity index is 2.36. The average molecular weight is 328 g/mol. The first-order chi connectivity index (χ1) is 10.7. The van der Waals surface area contributed by atoms with Crippen molar-refractivity contribution >= 4 is 5.69 Å². The fraction of sp³-hybridized carbons (Fsp3) is 0.562. The second-order valence-electron chi connectivity index (χ2n) is 6.10. The maximum atomic E-state index is 13.3. The molecule has 23 heavy (non-hydrogen) atoms. The lowest BCUT2D eigenvalue weighted by molar-refractivity contribution is -0.137. The van der Waals surface area contributed by atoms with Gasteiger partial charge in [-0.2, -0.15) is 18.4 Å². The molecule has 0 bridgehead atoms. The number of halogens is 3. The van der Waals surface area contributed by atoms with Gasteiger partial charge < -0.3 is 15.2 Å². The number of anilines is 1. The van der Waals surface area contributed by atoms with E-state index in [0.717, 1.165) is 6.07 Å². The summed E-state index contributed by atoms with van der Waals surface area (Å²) in [5, 5.41) is 21.7. The quantitative estimate of drug-likeness (QED) is 0.865. The van der Waals surface area contributed by atoms with Gasteiger partial charge >= 0.3 is 6.18 Å². The number of hydrogen-bond acceptors (Lipinski definition) is 4. The standard InChI is InChI=1S/C16H19F3N2O2/c1-3-4-23-12-5-10(9-20)14(13(6-12)16(17,18)19)21-11-7-15(2,22)8-11/h5-6,11,21-22H,3-4,7-8H2,1-2H3. The molecule has 1 aromatic rings. The first-order valence-corrected chi connectivity index (χ1v) is 7.43. The smallest absolute Gasteiger partial charge is 0.418 e. The maximum absolute atomic E-state index is 13.3. The molecule has 0 heterocycles. The van der Waals surface area contributed by atoms with Gasteiger partial charge in [-0.3, -0.25) is 0 Å². The number of rotatable bonds is 5. The van der Waals surface area contributed by atoms with Crippen molar-refractivity contribution in [3.8, 4) is 11.8 Å². The van der Waals surface area contributed by atoms with Crippen LogP contribution >= 0.6 is 0 Å². The van der Waals surface area contributed by atoms with Crippen LogP contribution in [0.25, 0.3) is 0 Å². The van der Waals surface area contributed by atoms with E-state index in [9.17, 15) is 23.5 Å². The number of ether oxygens (including phenoxy) is 1. The molecular formula is C16H19F3N2O2. The monoisotopic (exact) mass is 328 g/mol. The van der Waals surface area contributed by atoms with Crippen molar-refractivity contribution < 1.29 is 23.0 Å². The number of nitriles is 1. The number of aliphatic hydroxyl groups is 1. The highest BCUT2D eigenvalue weighted by molar-refractivity contribution is 5.66. The highest BCUT2D eigenvalue weighted by Crippen LogP contribution is 2.42. The van der Waals surface area contributed by atoms with E-state index in [2.05, 4.69) is 5.32 Å². The largest absolute Gasteiger partial charge is 0.494 e. The van der Waals surface area contributed by atoms with Crippen molar-refractivity contribution in [1.82, 2.24) is 0 Å². The molecule has 126 valence electrons. The molecule has 1 aliphatic carbocycles. The van der Waals surface area contributed by atoms with Crippen LogP contribution in [-0.2, 0) is 6.18 Å². The van der Waals surface area contributed by atoms with Crippen molar-refractivity contribution in [3.05, 3.63) is 23.3 Å². The Morgan fingerprint density at radius 2 is 2.09 bits per heavy atom. The molecule has 0 atom stereocenters. The summed E-state index contributed by atoms with van der Waals surface area (Å²) in [5.41, 5.74) is -2.15. The van der Waals surface area contributed by atoms with Gasteiger partial charge in [0.05, 0.1) is 29.0 Å². The van der Waals surface area contributed by atoms with E-state index in [1.807, 2.05) is 6.92 Å². The molecule has 2 N–H and O–H groups in total. The molecule has 0 amide bonds. The molecule has 7 heteroatoms. The summed E-state index contributed by atoms with van der Waals surface area (Å²) in [7, 11) is 0. The second kappa shape index (κ2) is 6.28. The Bertz CT molecular complexity index is 613. The molecule has 0 unspecified atom stereocenters. The molecule has 2 rings (SSSR count). The van der Waals surface area contributed by atoms with E-state index in [1.54, 1.807) is 13.0 Å². The Hall–Kier alpha value is -1.94. The van der Waals surface area contributed by atoms with Gasteiger partial charge in [-0.25, -0.2) is 0 Å². The number of nitrogens with one attached hydrogen (secondary N) is 1. The molecular weight excluding hydrogens is 309 g/mol. The minimum atomic E-state index is -4.61. The zero-order valence-electron chi connectivity index (χ0n) is 13.0. The molecule has 0 radical (unpaired) electrons. The van der Waals surface area contributed by atoms with E-state index >= 15 is 0 Å². The lowest BCUT2D eigenvalue weighted by Crippen LogP contribution is -2.48. The van der Waals surface area contributed by atoms with Crippen molar-refractivity contribution in [3.63, 3.8) is 0 Å². The van der Waals surface area contributed by atoms with Crippen LogP contribution < -0.4 is 10.1 Å². The first kappa shape index (κ1) is 17.4. The van der Waals surface area contributed by atoms with E-state index < -0.39 is 17.3 Å². The topological polar surface area (TPSA) is 65.3 Å². The lowest BCUT2D eigenvalue weighted by atomic mass is 9.77. The number of benzene rings is 1. The average Bonchev–Trinajstić information content (AvgIpc) is 2.42. The van der Waals surface area contributed by atoms with Gasteiger partial charge in [0.25, 0.3) is 0 Å². The van der Waals surface area contributed by atoms with E-state index in [4.69, 9.17) is 4.74 Å². The fourth-order valence-corrected chi connectivity index (χ4v) is 2.69. The van der Waals surface area contributed by atoms with Crippen molar-refractivity contribution in [1.29, 1.82) is 5.26 Å². The van der Waals surface area contributed by atoms with Gasteiger partial charge in [-0.15, -0.1) is 0 Å². The highest BCUT2D eigenvalue weighted by atomic mass is 19.4. The molecule has 1 aromatic carbocycles. The fourth-order valence-electron chi connectivity index (χ4n) is 2.69. The van der Waals surface area contributed by atoms with Gasteiger partial charge in [0.2, 0.25) is 0 Å². The number of alkyl halides is 3. The summed E-state index contributed by atoms with van der Waals surface area (Å²) < 4.78 is 45.3. The summed E-state index contributed by atoms with van der Waals surface area (Å²) in [4.78, 5) is 0. The molecule has 0 saturated heterocycles. The summed E-state index contributed by atoms with van der Waals surface area (Å²) in [6.45, 7) is 3.75. The third kappa shape index (κ3) is 4.08. The van der Waals surface area contributed by atoms with Gasteiger partial charge in [0.15, 0.2) is 0 Å². The van der Waals surface area contributed by atoms with Crippen LogP contribution in [0.5, 0.6) is 5.75 Å².